The molecule has 0 saturated carbocycles. The van der Waals surface area contributed by atoms with E-state index in [1.807, 2.05) is 13.8 Å². The van der Waals surface area contributed by atoms with E-state index in [9.17, 15) is 5.11 Å². The van der Waals surface area contributed by atoms with Gasteiger partial charge in [-0.3, -0.25) is 0 Å². The zero-order valence-electron chi connectivity index (χ0n) is 11.1. The van der Waals surface area contributed by atoms with E-state index in [0.29, 0.717) is 6.42 Å². The van der Waals surface area contributed by atoms with Gasteiger partial charge in [0.05, 0.1) is 33.9 Å². The van der Waals surface area contributed by atoms with E-state index in [1.165, 1.54) is 0 Å². The highest BCUT2D eigenvalue weighted by atomic mass is 35.5. The molecule has 0 aromatic heterocycles. The van der Waals surface area contributed by atoms with E-state index in [2.05, 4.69) is 21.1 Å². The Morgan fingerprint density at radius 2 is 1.31 bits per heavy atom. The minimum atomic E-state index is -0.509. The Balaban J connectivity index is -0.000000214. The van der Waals surface area contributed by atoms with Gasteiger partial charge < -0.3 is 32.2 Å². The van der Waals surface area contributed by atoms with Gasteiger partial charge in [-0.15, -0.1) is 0 Å². The van der Waals surface area contributed by atoms with E-state index < -0.39 is 6.10 Å². The van der Waals surface area contributed by atoms with E-state index in [0.717, 1.165) is 17.4 Å². The van der Waals surface area contributed by atoms with Crippen molar-refractivity contribution in [2.45, 2.75) is 38.9 Å². The first kappa shape index (κ1) is 21.4. The molecule has 0 heterocycles. The van der Waals surface area contributed by atoms with Crippen molar-refractivity contribution < 1.29 is 32.2 Å². The first-order valence-corrected chi connectivity index (χ1v) is 5.54. The molecule has 0 bridgehead atoms. The fourth-order valence-corrected chi connectivity index (χ4v) is 0.890. The van der Waals surface area contributed by atoms with Crippen molar-refractivity contribution in [1.82, 2.24) is 0 Å². The lowest BCUT2D eigenvalue weighted by Gasteiger charge is -2.26. The molecule has 0 aromatic rings. The molecule has 0 spiro atoms. The van der Waals surface area contributed by atoms with Crippen molar-refractivity contribution in [3.05, 3.63) is 0 Å². The van der Waals surface area contributed by atoms with Crippen LogP contribution in [0.2, 0.25) is 0 Å². The van der Waals surface area contributed by atoms with Gasteiger partial charge in [-0.1, -0.05) is 13.8 Å². The first-order chi connectivity index (χ1) is 6.76. The highest BCUT2D eigenvalue weighted by Crippen LogP contribution is 1.97. The molecule has 16 heavy (non-hydrogen) atoms. The van der Waals surface area contributed by atoms with Crippen LogP contribution < -0.4 is 12.4 Å². The molecule has 0 aromatic carbocycles. The Labute approximate surface area is 106 Å². The van der Waals surface area contributed by atoms with Crippen LogP contribution in [0.15, 0.2) is 0 Å². The minimum Gasteiger partial charge on any atom is -1.00 e. The van der Waals surface area contributed by atoms with Gasteiger partial charge in [-0.2, -0.15) is 0 Å². The fourth-order valence-electron chi connectivity index (χ4n) is 0.890. The van der Waals surface area contributed by atoms with Gasteiger partial charge in [-0.25, -0.2) is 0 Å². The molecule has 0 aliphatic carbocycles. The van der Waals surface area contributed by atoms with Gasteiger partial charge in [0.2, 0.25) is 0 Å². The van der Waals surface area contributed by atoms with Crippen molar-refractivity contribution in [1.29, 1.82) is 0 Å². The van der Waals surface area contributed by atoms with Gasteiger partial charge >= 0.3 is 0 Å². The molecule has 0 aliphatic rings. The highest BCUT2D eigenvalue weighted by Gasteiger charge is 2.12. The number of quaternary nitrogens is 1. The van der Waals surface area contributed by atoms with E-state index in [-0.39, 0.29) is 25.1 Å². The summed E-state index contributed by atoms with van der Waals surface area (Å²) in [5, 5.41) is 25.7. The van der Waals surface area contributed by atoms with Crippen LogP contribution in [0.5, 0.6) is 0 Å². The number of nitrogens with zero attached hydrogens (tertiary/aromatic N) is 1. The third kappa shape index (κ3) is 19.7. The van der Waals surface area contributed by atoms with Gasteiger partial charge in [0.1, 0.15) is 12.6 Å². The summed E-state index contributed by atoms with van der Waals surface area (Å²) in [5.41, 5.74) is 0. The maximum absolute atomic E-state index is 9.18. The van der Waals surface area contributed by atoms with Crippen LogP contribution in [0.25, 0.3) is 0 Å². The lowest BCUT2D eigenvalue weighted by molar-refractivity contribution is -0.873. The third-order valence-corrected chi connectivity index (χ3v) is 1.91. The van der Waals surface area contributed by atoms with Crippen molar-refractivity contribution in [2.75, 3.05) is 34.3 Å². The van der Waals surface area contributed by atoms with Gasteiger partial charge in [0, 0.05) is 0 Å². The van der Waals surface area contributed by atoms with Crippen molar-refractivity contribution in [3.8, 4) is 0 Å². The summed E-state index contributed by atoms with van der Waals surface area (Å²) in [6.45, 7) is 4.55. The maximum atomic E-state index is 9.18. The summed E-state index contributed by atoms with van der Waals surface area (Å²) in [5.74, 6) is 0. The summed E-state index contributed by atoms with van der Waals surface area (Å²) in [4.78, 5) is 0. The molecular formula is C11H28ClNO3. The maximum Gasteiger partial charge on any atom is 0.104 e. The fraction of sp³-hybridized carbons (Fsp3) is 1.00. The largest absolute Gasteiger partial charge is 1.00 e. The lowest BCUT2D eigenvalue weighted by atomic mass is 10.2. The number of aliphatic hydroxyl groups excluding tert-OH is 3. The second-order valence-electron chi connectivity index (χ2n) is 4.78. The van der Waals surface area contributed by atoms with E-state index >= 15 is 0 Å². The van der Waals surface area contributed by atoms with Crippen molar-refractivity contribution in [3.63, 3.8) is 0 Å². The standard InChI is InChI=1S/C7H18NO.C4H10O2.ClH/c1-5-7(9)6-8(2,3)4;1-2-4(6)3-5;/h7,9H,5-6H2,1-4H3;4-6H,2-3H2,1H3;1H/q+1;;/p-1. The van der Waals surface area contributed by atoms with Crippen molar-refractivity contribution in [2.24, 2.45) is 0 Å². The number of likely N-dealkylation sites (N-methyl/N-ethyl adjacent to an activating group) is 1. The SMILES string of the molecule is CCC(O)CO.CCC(O)C[N+](C)(C)C.[Cl-]. The average molecular weight is 258 g/mol. The number of aliphatic hydroxyl groups is 3. The summed E-state index contributed by atoms with van der Waals surface area (Å²) in [7, 11) is 6.25. The quantitative estimate of drug-likeness (QED) is 0.467. The normalized spacial score (nSPS) is 14.2. The topological polar surface area (TPSA) is 60.7 Å². The molecule has 2 atom stereocenters. The second kappa shape index (κ2) is 11.6. The molecule has 0 saturated heterocycles. The van der Waals surface area contributed by atoms with Crippen LogP contribution in [-0.4, -0.2) is 66.3 Å². The third-order valence-electron chi connectivity index (χ3n) is 1.91. The Morgan fingerprint density at radius 1 is 0.938 bits per heavy atom. The summed E-state index contributed by atoms with van der Waals surface area (Å²) in [6.07, 6.45) is 0.849. The second-order valence-corrected chi connectivity index (χ2v) is 4.78. The zero-order valence-corrected chi connectivity index (χ0v) is 11.9. The molecule has 0 amide bonds. The number of hydrogen-bond acceptors (Lipinski definition) is 3. The summed E-state index contributed by atoms with van der Waals surface area (Å²) >= 11 is 0. The average Bonchev–Trinajstić information content (AvgIpc) is 2.15. The molecule has 5 heteroatoms. The monoisotopic (exact) mass is 257 g/mol. The molecule has 4 nitrogen and oxygen atoms in total. The van der Waals surface area contributed by atoms with E-state index in [4.69, 9.17) is 10.2 Å². The Morgan fingerprint density at radius 3 is 1.38 bits per heavy atom. The molecule has 0 fully saturated rings. The number of halogens is 1. The predicted molar refractivity (Wildman–Crippen MR) is 62.6 cm³/mol. The molecule has 3 N–H and O–H groups in total. The first-order valence-electron chi connectivity index (χ1n) is 5.54. The minimum absolute atomic E-state index is 0. The highest BCUT2D eigenvalue weighted by molar-refractivity contribution is 4.47. The van der Waals surface area contributed by atoms with Gasteiger partial charge in [0.25, 0.3) is 0 Å². The van der Waals surface area contributed by atoms with Crippen LogP contribution in [0.4, 0.5) is 0 Å². The molecule has 2 unspecified atom stereocenters. The molecular weight excluding hydrogens is 230 g/mol. The van der Waals surface area contributed by atoms with Crippen LogP contribution in [-0.2, 0) is 0 Å². The Kier molecular flexibility index (Phi) is 15.5. The van der Waals surface area contributed by atoms with Crippen LogP contribution in [0, 0.1) is 0 Å². The summed E-state index contributed by atoms with van der Waals surface area (Å²) in [6, 6.07) is 0. The van der Waals surface area contributed by atoms with Crippen LogP contribution in [0.1, 0.15) is 26.7 Å². The number of rotatable bonds is 5. The Bertz CT molecular complexity index is 136. The van der Waals surface area contributed by atoms with Crippen LogP contribution >= 0.6 is 0 Å². The predicted octanol–water partition coefficient (Wildman–Crippen LogP) is -2.78. The molecule has 0 radical (unpaired) electrons. The van der Waals surface area contributed by atoms with Gasteiger partial charge in [-0.05, 0) is 12.8 Å². The molecule has 0 aliphatic heterocycles. The number of hydrogen-bond donors (Lipinski definition) is 3. The smallest absolute Gasteiger partial charge is 0.104 e. The lowest BCUT2D eigenvalue weighted by Crippen LogP contribution is -3.00. The van der Waals surface area contributed by atoms with E-state index in [1.54, 1.807) is 0 Å². The molecule has 102 valence electrons. The van der Waals surface area contributed by atoms with Crippen molar-refractivity contribution >= 4 is 0 Å². The zero-order chi connectivity index (χ0) is 12.5. The van der Waals surface area contributed by atoms with Crippen LogP contribution in [0.3, 0.4) is 0 Å². The van der Waals surface area contributed by atoms with Gasteiger partial charge in [0.15, 0.2) is 0 Å². The summed E-state index contributed by atoms with van der Waals surface area (Å²) < 4.78 is 0.842. The molecule has 0 rings (SSSR count). The Hall–Kier alpha value is 0.130.